The molecule has 0 aliphatic carbocycles. The van der Waals surface area contributed by atoms with E-state index in [0.29, 0.717) is 5.92 Å². The molecule has 5 heteroatoms. The Bertz CT molecular complexity index is 736. The molecule has 5 nitrogen and oxygen atoms in total. The van der Waals surface area contributed by atoms with Crippen molar-refractivity contribution in [2.45, 2.75) is 18.8 Å². The van der Waals surface area contributed by atoms with Crippen LogP contribution in [-0.2, 0) is 4.74 Å². The van der Waals surface area contributed by atoms with E-state index in [-0.39, 0.29) is 5.91 Å². The van der Waals surface area contributed by atoms with E-state index < -0.39 is 0 Å². The van der Waals surface area contributed by atoms with Crippen molar-refractivity contribution in [2.75, 3.05) is 44.3 Å². The van der Waals surface area contributed by atoms with E-state index in [2.05, 4.69) is 28.1 Å². The van der Waals surface area contributed by atoms with Crippen molar-refractivity contribution in [2.24, 2.45) is 0 Å². The molecule has 1 amide bonds. The number of carbonyl (C=O) groups excluding carboxylic acids is 1. The predicted octanol–water partition coefficient (Wildman–Crippen LogP) is 2.94. The zero-order valence-electron chi connectivity index (χ0n) is 15.0. The van der Waals surface area contributed by atoms with Gasteiger partial charge in [-0.15, -0.1) is 0 Å². The molecule has 0 N–H and O–H groups in total. The number of anilines is 1. The van der Waals surface area contributed by atoms with Gasteiger partial charge in [0.05, 0.1) is 18.8 Å². The smallest absolute Gasteiger partial charge is 0.255 e. The number of carbonyl (C=O) groups is 1. The van der Waals surface area contributed by atoms with Gasteiger partial charge in [0.2, 0.25) is 0 Å². The Morgan fingerprint density at radius 3 is 2.38 bits per heavy atom. The molecule has 0 bridgehead atoms. The second-order valence-corrected chi connectivity index (χ2v) is 6.96. The van der Waals surface area contributed by atoms with Gasteiger partial charge in [-0.1, -0.05) is 12.1 Å². The summed E-state index contributed by atoms with van der Waals surface area (Å²) in [6.07, 6.45) is 5.72. The molecule has 0 saturated carbocycles. The Balaban J connectivity index is 1.46. The maximum absolute atomic E-state index is 13.2. The van der Waals surface area contributed by atoms with Crippen molar-refractivity contribution >= 4 is 11.6 Å². The average Bonchev–Trinajstić information content (AvgIpc) is 2.75. The van der Waals surface area contributed by atoms with Crippen LogP contribution in [0.15, 0.2) is 48.8 Å². The molecular formula is C21H25N3O2. The molecular weight excluding hydrogens is 326 g/mol. The number of pyridine rings is 1. The van der Waals surface area contributed by atoms with Gasteiger partial charge in [0, 0.05) is 44.3 Å². The summed E-state index contributed by atoms with van der Waals surface area (Å²) in [4.78, 5) is 21.5. The number of amides is 1. The van der Waals surface area contributed by atoms with Gasteiger partial charge in [-0.3, -0.25) is 9.78 Å². The Morgan fingerprint density at radius 1 is 0.962 bits per heavy atom. The number of benzene rings is 1. The van der Waals surface area contributed by atoms with E-state index in [0.717, 1.165) is 63.5 Å². The number of likely N-dealkylation sites (tertiary alicyclic amines) is 1. The van der Waals surface area contributed by atoms with Gasteiger partial charge in [-0.2, -0.15) is 0 Å². The molecule has 1 aromatic carbocycles. The molecule has 1 aromatic heterocycles. The van der Waals surface area contributed by atoms with Crippen LogP contribution in [0.1, 0.15) is 34.7 Å². The minimum atomic E-state index is 0.153. The van der Waals surface area contributed by atoms with Crippen LogP contribution >= 0.6 is 0 Å². The Morgan fingerprint density at radius 2 is 1.65 bits per heavy atom. The van der Waals surface area contributed by atoms with Crippen molar-refractivity contribution in [3.63, 3.8) is 0 Å². The van der Waals surface area contributed by atoms with Gasteiger partial charge in [0.15, 0.2) is 0 Å². The maximum atomic E-state index is 13.2. The molecule has 3 heterocycles. The van der Waals surface area contributed by atoms with Crippen LogP contribution in [0.3, 0.4) is 0 Å². The molecule has 2 fully saturated rings. The molecule has 0 unspecified atom stereocenters. The van der Waals surface area contributed by atoms with Gasteiger partial charge in [-0.05, 0) is 48.6 Å². The van der Waals surface area contributed by atoms with Crippen molar-refractivity contribution < 1.29 is 9.53 Å². The minimum absolute atomic E-state index is 0.153. The monoisotopic (exact) mass is 351 g/mol. The molecule has 0 radical (unpaired) electrons. The van der Waals surface area contributed by atoms with Crippen LogP contribution in [0.5, 0.6) is 0 Å². The summed E-state index contributed by atoms with van der Waals surface area (Å²) in [5.41, 5.74) is 3.19. The lowest BCUT2D eigenvalue weighted by Crippen LogP contribution is -2.40. The van der Waals surface area contributed by atoms with Gasteiger partial charge in [0.1, 0.15) is 0 Å². The first-order chi connectivity index (χ1) is 12.8. The van der Waals surface area contributed by atoms with Crippen molar-refractivity contribution in [1.29, 1.82) is 0 Å². The zero-order valence-corrected chi connectivity index (χ0v) is 15.0. The molecule has 26 heavy (non-hydrogen) atoms. The molecule has 2 aliphatic heterocycles. The van der Waals surface area contributed by atoms with Crippen LogP contribution < -0.4 is 4.90 Å². The number of morpholine rings is 1. The summed E-state index contributed by atoms with van der Waals surface area (Å²) >= 11 is 0. The second-order valence-electron chi connectivity index (χ2n) is 6.96. The number of nitrogens with zero attached hydrogens (tertiary/aromatic N) is 3. The molecule has 0 spiro atoms. The molecule has 136 valence electrons. The van der Waals surface area contributed by atoms with Crippen LogP contribution in [0.2, 0.25) is 0 Å². The summed E-state index contributed by atoms with van der Waals surface area (Å²) in [6.45, 7) is 4.75. The minimum Gasteiger partial charge on any atom is -0.378 e. The second kappa shape index (κ2) is 7.87. The third kappa shape index (κ3) is 3.58. The van der Waals surface area contributed by atoms with Gasteiger partial charge in [-0.25, -0.2) is 0 Å². The quantitative estimate of drug-likeness (QED) is 0.853. The first-order valence-electron chi connectivity index (χ1n) is 9.44. The molecule has 2 aromatic rings. The van der Waals surface area contributed by atoms with Crippen molar-refractivity contribution in [3.05, 3.63) is 59.9 Å². The maximum Gasteiger partial charge on any atom is 0.255 e. The SMILES string of the molecule is O=C(c1ccccc1N1CCOCC1)N1CCC(c2ccncc2)CC1. The summed E-state index contributed by atoms with van der Waals surface area (Å²) in [5.74, 6) is 0.678. The van der Waals surface area contributed by atoms with E-state index in [1.165, 1.54) is 5.56 Å². The Hall–Kier alpha value is -2.40. The van der Waals surface area contributed by atoms with E-state index in [1.807, 2.05) is 35.5 Å². The topological polar surface area (TPSA) is 45.7 Å². The van der Waals surface area contributed by atoms with Crippen LogP contribution in [0.25, 0.3) is 0 Å². The van der Waals surface area contributed by atoms with Gasteiger partial charge in [0.25, 0.3) is 5.91 Å². The fraction of sp³-hybridized carbons (Fsp3) is 0.429. The summed E-state index contributed by atoms with van der Waals surface area (Å²) in [5, 5.41) is 0. The van der Waals surface area contributed by atoms with Crippen molar-refractivity contribution in [3.8, 4) is 0 Å². The van der Waals surface area contributed by atoms with E-state index in [9.17, 15) is 4.79 Å². The third-order valence-electron chi connectivity index (χ3n) is 5.45. The highest BCUT2D eigenvalue weighted by Gasteiger charge is 2.27. The molecule has 2 aliphatic rings. The Labute approximate surface area is 154 Å². The van der Waals surface area contributed by atoms with Crippen LogP contribution in [0, 0.1) is 0 Å². The van der Waals surface area contributed by atoms with E-state index >= 15 is 0 Å². The first kappa shape index (κ1) is 17.0. The van der Waals surface area contributed by atoms with Crippen LogP contribution in [0.4, 0.5) is 5.69 Å². The summed E-state index contributed by atoms with van der Waals surface area (Å²) in [6, 6.07) is 12.2. The van der Waals surface area contributed by atoms with E-state index in [1.54, 1.807) is 0 Å². The largest absolute Gasteiger partial charge is 0.378 e. The number of ether oxygens (including phenoxy) is 1. The number of para-hydroxylation sites is 1. The Kier molecular flexibility index (Phi) is 5.16. The number of rotatable bonds is 3. The number of aromatic nitrogens is 1. The zero-order chi connectivity index (χ0) is 17.8. The van der Waals surface area contributed by atoms with Gasteiger partial charge >= 0.3 is 0 Å². The first-order valence-corrected chi connectivity index (χ1v) is 9.44. The number of hydrogen-bond donors (Lipinski definition) is 0. The highest BCUT2D eigenvalue weighted by atomic mass is 16.5. The highest BCUT2D eigenvalue weighted by molar-refractivity contribution is 6.00. The van der Waals surface area contributed by atoms with Crippen LogP contribution in [-0.4, -0.2) is 55.2 Å². The predicted molar refractivity (Wildman–Crippen MR) is 102 cm³/mol. The normalized spacial score (nSPS) is 18.8. The van der Waals surface area contributed by atoms with Crippen molar-refractivity contribution in [1.82, 2.24) is 9.88 Å². The fourth-order valence-corrected chi connectivity index (χ4v) is 3.96. The van der Waals surface area contributed by atoms with Gasteiger partial charge < -0.3 is 14.5 Å². The standard InChI is InChI=1S/C21H25N3O2/c25-21(19-3-1-2-4-20(19)23-13-15-26-16-14-23)24-11-7-18(8-12-24)17-5-9-22-10-6-17/h1-6,9-10,18H,7-8,11-16H2. The number of hydrogen-bond acceptors (Lipinski definition) is 4. The summed E-state index contributed by atoms with van der Waals surface area (Å²) < 4.78 is 5.45. The summed E-state index contributed by atoms with van der Waals surface area (Å²) in [7, 11) is 0. The third-order valence-corrected chi connectivity index (χ3v) is 5.45. The average molecular weight is 351 g/mol. The molecule has 0 atom stereocenters. The lowest BCUT2D eigenvalue weighted by Gasteiger charge is -2.34. The lowest BCUT2D eigenvalue weighted by molar-refractivity contribution is 0.0712. The highest BCUT2D eigenvalue weighted by Crippen LogP contribution is 2.30. The molecule has 4 rings (SSSR count). The molecule has 2 saturated heterocycles. The fourth-order valence-electron chi connectivity index (χ4n) is 3.96. The van der Waals surface area contributed by atoms with E-state index in [4.69, 9.17) is 4.74 Å². The lowest BCUT2D eigenvalue weighted by atomic mass is 9.90. The number of piperidine rings is 1.